The Morgan fingerprint density at radius 1 is 1.03 bits per heavy atom. The van der Waals surface area contributed by atoms with Crippen LogP contribution in [0.1, 0.15) is 32.1 Å². The van der Waals surface area contributed by atoms with Crippen molar-refractivity contribution in [2.45, 2.75) is 37.0 Å². The SMILES string of the molecule is COc1ccc(S(=O)(=O)N2CCN(C(=O)NCCCN3CCCCCC3=O)CC2)cc1. The minimum atomic E-state index is -3.60. The Hall–Kier alpha value is -2.33. The molecule has 1 aromatic carbocycles. The largest absolute Gasteiger partial charge is 0.497 e. The molecule has 0 bridgehead atoms. The van der Waals surface area contributed by atoms with Crippen molar-refractivity contribution in [1.82, 2.24) is 19.4 Å². The van der Waals surface area contributed by atoms with E-state index in [1.807, 2.05) is 4.90 Å². The van der Waals surface area contributed by atoms with Crippen LogP contribution in [0.5, 0.6) is 5.75 Å². The average molecular weight is 453 g/mol. The Morgan fingerprint density at radius 2 is 1.74 bits per heavy atom. The number of nitrogens with zero attached hydrogens (tertiary/aromatic N) is 3. The summed E-state index contributed by atoms with van der Waals surface area (Å²) in [5, 5.41) is 2.89. The van der Waals surface area contributed by atoms with Gasteiger partial charge in [0.05, 0.1) is 12.0 Å². The van der Waals surface area contributed by atoms with E-state index in [1.165, 1.54) is 23.5 Å². The number of piperazine rings is 1. The van der Waals surface area contributed by atoms with Crippen LogP contribution in [-0.4, -0.2) is 87.4 Å². The summed E-state index contributed by atoms with van der Waals surface area (Å²) in [5.74, 6) is 0.804. The molecule has 0 saturated carbocycles. The molecule has 2 fully saturated rings. The molecule has 0 aromatic heterocycles. The molecule has 0 atom stereocenters. The van der Waals surface area contributed by atoms with Crippen LogP contribution in [0.25, 0.3) is 0 Å². The molecule has 10 heteroatoms. The van der Waals surface area contributed by atoms with Crippen LogP contribution in [0.2, 0.25) is 0 Å². The van der Waals surface area contributed by atoms with Gasteiger partial charge >= 0.3 is 6.03 Å². The molecule has 0 unspecified atom stereocenters. The number of hydrogen-bond donors (Lipinski definition) is 1. The Kier molecular flexibility index (Phi) is 8.14. The molecule has 0 radical (unpaired) electrons. The zero-order chi connectivity index (χ0) is 22.3. The second-order valence-corrected chi connectivity index (χ2v) is 9.78. The first kappa shape index (κ1) is 23.3. The predicted molar refractivity (Wildman–Crippen MR) is 116 cm³/mol. The molecule has 1 N–H and O–H groups in total. The minimum absolute atomic E-state index is 0.191. The Balaban J connectivity index is 1.41. The molecule has 2 saturated heterocycles. The van der Waals surface area contributed by atoms with Gasteiger partial charge in [-0.25, -0.2) is 13.2 Å². The number of ether oxygens (including phenoxy) is 1. The normalized spacial score (nSPS) is 18.5. The number of hydrogen-bond acceptors (Lipinski definition) is 5. The highest BCUT2D eigenvalue weighted by Crippen LogP contribution is 2.20. The van der Waals surface area contributed by atoms with Gasteiger partial charge in [-0.15, -0.1) is 0 Å². The van der Waals surface area contributed by atoms with Gasteiger partial charge in [-0.3, -0.25) is 4.79 Å². The van der Waals surface area contributed by atoms with Gasteiger partial charge in [0, 0.05) is 52.2 Å². The number of carbonyl (C=O) groups excluding carboxylic acids is 2. The summed E-state index contributed by atoms with van der Waals surface area (Å²) in [7, 11) is -2.07. The molecule has 0 aliphatic carbocycles. The first-order chi connectivity index (χ1) is 14.9. The van der Waals surface area contributed by atoms with E-state index in [9.17, 15) is 18.0 Å². The van der Waals surface area contributed by atoms with E-state index in [-0.39, 0.29) is 29.9 Å². The third-order valence-corrected chi connectivity index (χ3v) is 7.69. The Morgan fingerprint density at radius 3 is 2.42 bits per heavy atom. The highest BCUT2D eigenvalue weighted by Gasteiger charge is 2.30. The van der Waals surface area contributed by atoms with Gasteiger partial charge in [-0.05, 0) is 43.5 Å². The maximum atomic E-state index is 12.8. The highest BCUT2D eigenvalue weighted by molar-refractivity contribution is 7.89. The number of urea groups is 1. The number of likely N-dealkylation sites (tertiary alicyclic amines) is 1. The van der Waals surface area contributed by atoms with Gasteiger partial charge in [0.25, 0.3) is 0 Å². The predicted octanol–water partition coefficient (Wildman–Crippen LogP) is 1.50. The second kappa shape index (κ2) is 10.8. The van der Waals surface area contributed by atoms with Gasteiger partial charge in [0.1, 0.15) is 5.75 Å². The molecular weight excluding hydrogens is 420 g/mol. The van der Waals surface area contributed by atoms with E-state index in [0.717, 1.165) is 25.8 Å². The standard InChI is InChI=1S/C21H32N4O5S/c1-30-18-7-9-19(10-8-18)31(28,29)25-16-14-24(15-17-25)21(27)22-11-5-13-23-12-4-2-3-6-20(23)26/h7-10H,2-6,11-17H2,1H3,(H,22,27). The summed E-state index contributed by atoms with van der Waals surface area (Å²) in [6.45, 7) is 3.14. The van der Waals surface area contributed by atoms with Gasteiger partial charge in [-0.2, -0.15) is 4.31 Å². The number of amides is 3. The number of rotatable bonds is 7. The van der Waals surface area contributed by atoms with Crippen LogP contribution >= 0.6 is 0 Å². The van der Waals surface area contributed by atoms with Crippen LogP contribution in [0.3, 0.4) is 0 Å². The van der Waals surface area contributed by atoms with Crippen LogP contribution in [0.15, 0.2) is 29.2 Å². The molecule has 3 rings (SSSR count). The molecule has 31 heavy (non-hydrogen) atoms. The fraction of sp³-hybridized carbons (Fsp3) is 0.619. The topological polar surface area (TPSA) is 99.3 Å². The molecule has 9 nitrogen and oxygen atoms in total. The second-order valence-electron chi connectivity index (χ2n) is 7.84. The van der Waals surface area contributed by atoms with Crippen molar-refractivity contribution in [3.8, 4) is 5.75 Å². The molecule has 0 spiro atoms. The van der Waals surface area contributed by atoms with E-state index in [2.05, 4.69) is 5.32 Å². The smallest absolute Gasteiger partial charge is 0.317 e. The summed E-state index contributed by atoms with van der Waals surface area (Å²) in [6, 6.07) is 6.11. The summed E-state index contributed by atoms with van der Waals surface area (Å²) >= 11 is 0. The molecule has 2 aliphatic heterocycles. The van der Waals surface area contributed by atoms with Crippen molar-refractivity contribution < 1.29 is 22.7 Å². The van der Waals surface area contributed by atoms with Crippen molar-refractivity contribution in [3.63, 3.8) is 0 Å². The third-order valence-electron chi connectivity index (χ3n) is 5.78. The summed E-state index contributed by atoms with van der Waals surface area (Å²) < 4.78 is 32.1. The lowest BCUT2D eigenvalue weighted by Crippen LogP contribution is -2.53. The van der Waals surface area contributed by atoms with Crippen LogP contribution < -0.4 is 10.1 Å². The fourth-order valence-corrected chi connectivity index (χ4v) is 5.30. The lowest BCUT2D eigenvalue weighted by molar-refractivity contribution is -0.130. The monoisotopic (exact) mass is 452 g/mol. The lowest BCUT2D eigenvalue weighted by Gasteiger charge is -2.34. The zero-order valence-corrected chi connectivity index (χ0v) is 18.9. The third kappa shape index (κ3) is 6.10. The minimum Gasteiger partial charge on any atom is -0.497 e. The van der Waals surface area contributed by atoms with Crippen LogP contribution in [0, 0.1) is 0 Å². The van der Waals surface area contributed by atoms with Crippen molar-refractivity contribution in [3.05, 3.63) is 24.3 Å². The first-order valence-corrected chi connectivity index (χ1v) is 12.3. The fourth-order valence-electron chi connectivity index (χ4n) is 3.88. The van der Waals surface area contributed by atoms with Gasteiger partial charge < -0.3 is 19.9 Å². The molecular formula is C21H32N4O5S. The van der Waals surface area contributed by atoms with E-state index < -0.39 is 10.0 Å². The maximum Gasteiger partial charge on any atom is 0.317 e. The molecule has 1 aromatic rings. The number of nitrogens with one attached hydrogen (secondary N) is 1. The van der Waals surface area contributed by atoms with Gasteiger partial charge in [0.2, 0.25) is 15.9 Å². The van der Waals surface area contributed by atoms with Crippen molar-refractivity contribution in [1.29, 1.82) is 0 Å². The quantitative estimate of drug-likeness (QED) is 0.632. The highest BCUT2D eigenvalue weighted by atomic mass is 32.2. The van der Waals surface area contributed by atoms with Gasteiger partial charge in [0.15, 0.2) is 0 Å². The van der Waals surface area contributed by atoms with E-state index in [4.69, 9.17) is 4.74 Å². The zero-order valence-electron chi connectivity index (χ0n) is 18.1. The summed E-state index contributed by atoms with van der Waals surface area (Å²) in [4.78, 5) is 28.2. The maximum absolute atomic E-state index is 12.8. The number of benzene rings is 1. The number of carbonyl (C=O) groups is 2. The van der Waals surface area contributed by atoms with E-state index in [1.54, 1.807) is 17.0 Å². The molecule has 2 heterocycles. The van der Waals surface area contributed by atoms with Crippen molar-refractivity contribution >= 4 is 22.0 Å². The Bertz CT molecular complexity index is 851. The Labute approximate surface area is 184 Å². The molecule has 172 valence electrons. The van der Waals surface area contributed by atoms with Crippen molar-refractivity contribution in [2.75, 3.05) is 52.9 Å². The van der Waals surface area contributed by atoms with Crippen LogP contribution in [-0.2, 0) is 14.8 Å². The summed E-state index contributed by atoms with van der Waals surface area (Å²) in [6.07, 6.45) is 4.44. The number of methoxy groups -OCH3 is 1. The van der Waals surface area contributed by atoms with E-state index in [0.29, 0.717) is 44.8 Å². The number of sulfonamides is 1. The first-order valence-electron chi connectivity index (χ1n) is 10.9. The molecule has 2 aliphatic rings. The van der Waals surface area contributed by atoms with E-state index >= 15 is 0 Å². The van der Waals surface area contributed by atoms with Crippen LogP contribution in [0.4, 0.5) is 4.79 Å². The average Bonchev–Trinajstić information content (AvgIpc) is 3.00. The lowest BCUT2D eigenvalue weighted by atomic mass is 10.2. The molecule has 3 amide bonds. The van der Waals surface area contributed by atoms with Crippen molar-refractivity contribution in [2.24, 2.45) is 0 Å². The van der Waals surface area contributed by atoms with Gasteiger partial charge in [-0.1, -0.05) is 6.42 Å². The summed E-state index contributed by atoms with van der Waals surface area (Å²) in [5.41, 5.74) is 0.